The maximum Gasteiger partial charge on any atom is 0.316 e. The molecular formula is C24H36N8O2S. The Morgan fingerprint density at radius 3 is 2.60 bits per heavy atom. The Labute approximate surface area is 210 Å². The van der Waals surface area contributed by atoms with Crippen molar-refractivity contribution in [1.29, 1.82) is 10.8 Å². The summed E-state index contributed by atoms with van der Waals surface area (Å²) in [6.45, 7) is 2.21. The zero-order chi connectivity index (χ0) is 24.8. The first kappa shape index (κ1) is 25.2. The predicted octanol–water partition coefficient (Wildman–Crippen LogP) is 2.15. The highest BCUT2D eigenvalue weighted by Crippen LogP contribution is 2.37. The minimum atomic E-state index is -0.167. The molecule has 7 N–H and O–H groups in total. The van der Waals surface area contributed by atoms with Crippen LogP contribution >= 0.6 is 11.8 Å². The summed E-state index contributed by atoms with van der Waals surface area (Å²) in [6.07, 6.45) is 7.31. The molecule has 3 aliphatic heterocycles. The van der Waals surface area contributed by atoms with Crippen LogP contribution in [-0.2, 0) is 11.2 Å². The van der Waals surface area contributed by atoms with Gasteiger partial charge < -0.3 is 26.6 Å². The molecule has 0 bridgehead atoms. The smallest absolute Gasteiger partial charge is 0.316 e. The van der Waals surface area contributed by atoms with E-state index in [1.165, 1.54) is 4.90 Å². The summed E-state index contributed by atoms with van der Waals surface area (Å²) in [5.41, 5.74) is 7.55. The van der Waals surface area contributed by atoms with Gasteiger partial charge in [0, 0.05) is 31.3 Å². The Morgan fingerprint density at radius 2 is 1.91 bits per heavy atom. The van der Waals surface area contributed by atoms with E-state index in [1.807, 2.05) is 40.9 Å². The van der Waals surface area contributed by atoms with Crippen molar-refractivity contribution in [3.05, 3.63) is 29.8 Å². The Hall–Kier alpha value is -2.95. The number of hydrogen-bond acceptors (Lipinski definition) is 5. The Morgan fingerprint density at radius 1 is 1.17 bits per heavy atom. The number of benzene rings is 1. The molecule has 11 heteroatoms. The molecule has 0 saturated carbocycles. The van der Waals surface area contributed by atoms with Gasteiger partial charge in [-0.25, -0.2) is 4.79 Å². The van der Waals surface area contributed by atoms with Crippen molar-refractivity contribution in [2.24, 2.45) is 5.73 Å². The molecule has 3 amide bonds. The summed E-state index contributed by atoms with van der Waals surface area (Å²) in [7, 11) is 0. The molecule has 3 fully saturated rings. The third-order valence-electron chi connectivity index (χ3n) is 6.78. The van der Waals surface area contributed by atoms with Gasteiger partial charge in [-0.1, -0.05) is 18.6 Å². The molecule has 3 unspecified atom stereocenters. The van der Waals surface area contributed by atoms with Gasteiger partial charge in [-0.2, -0.15) is 0 Å². The number of amides is 3. The van der Waals surface area contributed by atoms with Gasteiger partial charge in [-0.05, 0) is 56.2 Å². The monoisotopic (exact) mass is 500 g/mol. The number of urea groups is 1. The van der Waals surface area contributed by atoms with Gasteiger partial charge in [0.1, 0.15) is 0 Å². The second kappa shape index (κ2) is 11.7. The fourth-order valence-electron chi connectivity index (χ4n) is 4.91. The van der Waals surface area contributed by atoms with E-state index in [4.69, 9.17) is 16.6 Å². The van der Waals surface area contributed by atoms with Crippen molar-refractivity contribution in [3.8, 4) is 0 Å². The normalized spacial score (nSPS) is 22.9. The second-order valence-electron chi connectivity index (χ2n) is 9.39. The quantitative estimate of drug-likeness (QED) is 0.174. The maximum atomic E-state index is 12.2. The highest BCUT2D eigenvalue weighted by Gasteiger charge is 2.40. The number of hydrogen-bond donors (Lipinski definition) is 6. The van der Waals surface area contributed by atoms with Crippen LogP contribution in [0.2, 0.25) is 0 Å². The van der Waals surface area contributed by atoms with E-state index in [9.17, 15) is 9.59 Å². The minimum absolute atomic E-state index is 0.0605. The van der Waals surface area contributed by atoms with Crippen LogP contribution in [0.4, 0.5) is 10.5 Å². The number of anilines is 1. The number of nitrogens with one attached hydrogen (secondary N) is 5. The van der Waals surface area contributed by atoms with Gasteiger partial charge in [-0.3, -0.25) is 20.5 Å². The molecule has 0 aliphatic carbocycles. The fourth-order valence-corrected chi connectivity index (χ4v) is 6.49. The van der Waals surface area contributed by atoms with E-state index in [0.29, 0.717) is 23.9 Å². The summed E-state index contributed by atoms with van der Waals surface area (Å²) >= 11 is 1.84. The molecule has 3 atom stereocenters. The van der Waals surface area contributed by atoms with E-state index < -0.39 is 0 Å². The van der Waals surface area contributed by atoms with Crippen molar-refractivity contribution in [2.75, 3.05) is 24.5 Å². The van der Waals surface area contributed by atoms with Crippen LogP contribution in [0, 0.1) is 10.8 Å². The summed E-state index contributed by atoms with van der Waals surface area (Å²) in [6, 6.07) is 7.85. The van der Waals surface area contributed by atoms with E-state index in [0.717, 1.165) is 63.6 Å². The summed E-state index contributed by atoms with van der Waals surface area (Å²) < 4.78 is 0. The Bertz CT molecular complexity index is 918. The molecular weight excluding hydrogens is 464 g/mol. The first-order chi connectivity index (χ1) is 16.9. The molecule has 35 heavy (non-hydrogen) atoms. The van der Waals surface area contributed by atoms with Crippen LogP contribution in [0.5, 0.6) is 0 Å². The standard InChI is InChI=1S/C24H36N8O2S/c25-22(26)32(23(27)31-13-3-4-14-31)17-9-7-16(8-10-17)11-12-28-20(33)6-2-1-5-18-15-19-21(35-18)30-24(34)29-19/h7-10,18-19,21,27H,1-6,11-15H2,(H3,25,26)(H,28,33)(H2,29,30,34). The van der Waals surface area contributed by atoms with Gasteiger partial charge in [0.2, 0.25) is 11.9 Å². The largest absolute Gasteiger partial charge is 0.369 e. The topological polar surface area (TPSA) is 150 Å². The highest BCUT2D eigenvalue weighted by molar-refractivity contribution is 8.00. The van der Waals surface area contributed by atoms with E-state index >= 15 is 0 Å². The number of nitrogens with two attached hydrogens (primary N) is 1. The minimum Gasteiger partial charge on any atom is -0.369 e. The van der Waals surface area contributed by atoms with Crippen LogP contribution < -0.4 is 26.6 Å². The van der Waals surface area contributed by atoms with Crippen LogP contribution in [0.25, 0.3) is 0 Å². The van der Waals surface area contributed by atoms with Crippen LogP contribution in [0.3, 0.4) is 0 Å². The van der Waals surface area contributed by atoms with Crippen LogP contribution in [0.15, 0.2) is 24.3 Å². The predicted molar refractivity (Wildman–Crippen MR) is 140 cm³/mol. The first-order valence-corrected chi connectivity index (χ1v) is 13.4. The molecule has 4 rings (SSSR count). The van der Waals surface area contributed by atoms with Crippen molar-refractivity contribution in [3.63, 3.8) is 0 Å². The van der Waals surface area contributed by atoms with Gasteiger partial charge in [0.25, 0.3) is 0 Å². The first-order valence-electron chi connectivity index (χ1n) is 12.5. The summed E-state index contributed by atoms with van der Waals surface area (Å²) in [5, 5.41) is 26.0. The third-order valence-corrected chi connectivity index (χ3v) is 8.33. The highest BCUT2D eigenvalue weighted by atomic mass is 32.2. The van der Waals surface area contributed by atoms with Gasteiger partial charge in [0.05, 0.1) is 17.1 Å². The zero-order valence-electron chi connectivity index (χ0n) is 20.0. The van der Waals surface area contributed by atoms with Crippen molar-refractivity contribution >= 4 is 41.3 Å². The molecule has 0 radical (unpaired) electrons. The van der Waals surface area contributed by atoms with Crippen LogP contribution in [0.1, 0.15) is 50.5 Å². The lowest BCUT2D eigenvalue weighted by molar-refractivity contribution is -0.121. The van der Waals surface area contributed by atoms with Gasteiger partial charge >= 0.3 is 6.03 Å². The number of carbonyl (C=O) groups is 2. The molecule has 0 spiro atoms. The molecule has 3 aliphatic rings. The number of likely N-dealkylation sites (tertiary alicyclic amines) is 1. The summed E-state index contributed by atoms with van der Waals surface area (Å²) in [4.78, 5) is 26.9. The average Bonchev–Trinajstić information content (AvgIpc) is 3.55. The molecule has 3 saturated heterocycles. The van der Waals surface area contributed by atoms with E-state index in [-0.39, 0.29) is 35.3 Å². The molecule has 3 heterocycles. The lowest BCUT2D eigenvalue weighted by Crippen LogP contribution is -2.48. The molecule has 1 aromatic carbocycles. The van der Waals surface area contributed by atoms with Crippen molar-refractivity contribution in [2.45, 2.75) is 68.0 Å². The second-order valence-corrected chi connectivity index (χ2v) is 10.8. The fraction of sp³-hybridized carbons (Fsp3) is 0.583. The van der Waals surface area contributed by atoms with Gasteiger partial charge in [0.15, 0.2) is 5.96 Å². The SMILES string of the molecule is N=C(N)N(C(=N)N1CCCC1)c1ccc(CCNC(=O)CCCCC2CC3NC(=O)NC3S2)cc1. The average molecular weight is 501 g/mol. The maximum absolute atomic E-state index is 12.2. The number of rotatable bonds is 9. The summed E-state index contributed by atoms with van der Waals surface area (Å²) in [5.74, 6) is 0.154. The Kier molecular flexibility index (Phi) is 8.37. The lowest BCUT2D eigenvalue weighted by Gasteiger charge is -2.29. The van der Waals surface area contributed by atoms with E-state index in [1.54, 1.807) is 0 Å². The van der Waals surface area contributed by atoms with Crippen molar-refractivity contribution in [1.82, 2.24) is 20.9 Å². The zero-order valence-corrected chi connectivity index (χ0v) is 20.8. The van der Waals surface area contributed by atoms with Gasteiger partial charge in [-0.15, -0.1) is 11.8 Å². The third kappa shape index (κ3) is 6.59. The molecule has 0 aromatic heterocycles. The lowest BCUT2D eigenvalue weighted by atomic mass is 10.1. The number of thioether (sulfide) groups is 1. The number of nitrogens with zero attached hydrogens (tertiary/aromatic N) is 2. The number of carbonyl (C=O) groups excluding carboxylic acids is 2. The number of unbranched alkanes of at least 4 members (excludes halogenated alkanes) is 1. The Balaban J connectivity index is 1.12. The number of guanidine groups is 2. The number of fused-ring (bicyclic) bond motifs is 1. The van der Waals surface area contributed by atoms with Crippen molar-refractivity contribution < 1.29 is 9.59 Å². The molecule has 10 nitrogen and oxygen atoms in total. The van der Waals surface area contributed by atoms with Crippen LogP contribution in [-0.4, -0.2) is 65.1 Å². The molecule has 190 valence electrons. The molecule has 1 aromatic rings. The van der Waals surface area contributed by atoms with E-state index in [2.05, 4.69) is 16.0 Å².